The van der Waals surface area contributed by atoms with Gasteiger partial charge < -0.3 is 4.90 Å². The Labute approximate surface area is 163 Å². The van der Waals surface area contributed by atoms with Crippen LogP contribution in [0.3, 0.4) is 0 Å². The molecule has 3 aliphatic rings. The van der Waals surface area contributed by atoms with Crippen molar-refractivity contribution in [3.63, 3.8) is 0 Å². The van der Waals surface area contributed by atoms with E-state index in [4.69, 9.17) is 0 Å². The van der Waals surface area contributed by atoms with Gasteiger partial charge in [0.2, 0.25) is 15.9 Å². The molecule has 0 N–H and O–H groups in total. The van der Waals surface area contributed by atoms with Crippen LogP contribution in [-0.2, 0) is 14.8 Å². The number of rotatable bonds is 4. The predicted octanol–water partition coefficient (Wildman–Crippen LogP) is 3.06. The van der Waals surface area contributed by atoms with Crippen LogP contribution in [0.25, 0.3) is 0 Å². The van der Waals surface area contributed by atoms with Gasteiger partial charge in [0.15, 0.2) is 0 Å². The zero-order valence-corrected chi connectivity index (χ0v) is 16.6. The van der Waals surface area contributed by atoms with E-state index in [-0.39, 0.29) is 17.1 Å². The predicted molar refractivity (Wildman–Crippen MR) is 106 cm³/mol. The summed E-state index contributed by atoms with van der Waals surface area (Å²) in [4.78, 5) is 15.4. The van der Waals surface area contributed by atoms with Gasteiger partial charge in [-0.25, -0.2) is 8.42 Å². The summed E-state index contributed by atoms with van der Waals surface area (Å²) in [6.45, 7) is 1.37. The monoisotopic (exact) mass is 402 g/mol. The maximum Gasteiger partial charge on any atom is 0.235 e. The molecule has 1 spiro atoms. The van der Waals surface area contributed by atoms with Crippen LogP contribution < -0.4 is 4.90 Å². The highest BCUT2D eigenvalue weighted by Gasteiger charge is 2.60. The van der Waals surface area contributed by atoms with Crippen molar-refractivity contribution >= 4 is 33.0 Å². The first-order chi connectivity index (χ1) is 13.0. The largest absolute Gasteiger partial charge is 0.311 e. The third-order valence-electron chi connectivity index (χ3n) is 6.29. The quantitative estimate of drug-likeness (QED) is 0.790. The zero-order chi connectivity index (χ0) is 18.6. The molecule has 0 bridgehead atoms. The Bertz CT molecular complexity index is 954. The lowest BCUT2D eigenvalue weighted by Gasteiger charge is -2.29. The summed E-state index contributed by atoms with van der Waals surface area (Å²) in [5.41, 5.74) is 1.33. The molecule has 0 unspecified atom stereocenters. The number of benzene rings is 1. The van der Waals surface area contributed by atoms with E-state index in [1.54, 1.807) is 15.6 Å². The van der Waals surface area contributed by atoms with Crippen LogP contribution in [0, 0.1) is 5.41 Å². The molecule has 142 valence electrons. The lowest BCUT2D eigenvalue weighted by atomic mass is 9.73. The zero-order valence-electron chi connectivity index (χ0n) is 15.0. The first-order valence-corrected chi connectivity index (χ1v) is 11.8. The van der Waals surface area contributed by atoms with Crippen LogP contribution in [0.1, 0.15) is 30.7 Å². The molecule has 1 aromatic carbocycles. The number of thiophene rings is 1. The standard InChI is InChI=1S/C20H22N2O3S2/c23-19-20(9-10-22(19)16-8-11-26-13-16)14-21(27(24,25)17-6-7-17)12-18(20)15-4-2-1-3-5-15/h1-5,8,11,13,17-18H,6-7,9-10,12,14H2/t18-,20+/m0/s1. The van der Waals surface area contributed by atoms with Gasteiger partial charge in [-0.1, -0.05) is 30.3 Å². The number of amides is 1. The molecule has 3 fully saturated rings. The molecule has 5 nitrogen and oxygen atoms in total. The highest BCUT2D eigenvalue weighted by atomic mass is 32.2. The third kappa shape index (κ3) is 2.67. The Hall–Kier alpha value is -1.70. The molecule has 1 saturated carbocycles. The molecule has 27 heavy (non-hydrogen) atoms. The van der Waals surface area contributed by atoms with Crippen LogP contribution >= 0.6 is 11.3 Å². The minimum Gasteiger partial charge on any atom is -0.311 e. The lowest BCUT2D eigenvalue weighted by molar-refractivity contribution is -0.125. The minimum absolute atomic E-state index is 0.0725. The average molecular weight is 403 g/mol. The molecule has 0 radical (unpaired) electrons. The van der Waals surface area contributed by atoms with E-state index < -0.39 is 15.4 Å². The van der Waals surface area contributed by atoms with Crippen LogP contribution in [0.15, 0.2) is 47.2 Å². The van der Waals surface area contributed by atoms with Crippen molar-refractivity contribution in [3.8, 4) is 0 Å². The molecular formula is C20H22N2O3S2. The number of sulfonamides is 1. The second-order valence-corrected chi connectivity index (χ2v) is 10.8. The number of carbonyl (C=O) groups excluding carboxylic acids is 1. The van der Waals surface area contributed by atoms with E-state index >= 15 is 0 Å². The molecular weight excluding hydrogens is 380 g/mol. The smallest absolute Gasteiger partial charge is 0.235 e. The Morgan fingerprint density at radius 3 is 2.56 bits per heavy atom. The summed E-state index contributed by atoms with van der Waals surface area (Å²) in [6.07, 6.45) is 2.19. The fraction of sp³-hybridized carbons (Fsp3) is 0.450. The Morgan fingerprint density at radius 2 is 1.89 bits per heavy atom. The molecule has 2 aliphatic heterocycles. The maximum absolute atomic E-state index is 13.6. The van der Waals surface area contributed by atoms with Gasteiger partial charge >= 0.3 is 0 Å². The summed E-state index contributed by atoms with van der Waals surface area (Å²) in [5.74, 6) is -0.0217. The summed E-state index contributed by atoms with van der Waals surface area (Å²) >= 11 is 1.57. The van der Waals surface area contributed by atoms with Gasteiger partial charge in [-0.2, -0.15) is 15.6 Å². The van der Waals surface area contributed by atoms with Gasteiger partial charge in [0, 0.05) is 30.9 Å². The number of anilines is 1. The van der Waals surface area contributed by atoms with E-state index in [1.165, 1.54) is 0 Å². The summed E-state index contributed by atoms with van der Waals surface area (Å²) in [7, 11) is -3.30. The van der Waals surface area contributed by atoms with E-state index in [9.17, 15) is 13.2 Å². The highest BCUT2D eigenvalue weighted by molar-refractivity contribution is 7.90. The van der Waals surface area contributed by atoms with Crippen molar-refractivity contribution in [1.82, 2.24) is 4.31 Å². The second-order valence-electron chi connectivity index (χ2n) is 7.84. The second kappa shape index (κ2) is 6.15. The first kappa shape index (κ1) is 17.4. The Kier molecular flexibility index (Phi) is 3.97. The molecule has 5 rings (SSSR count). The summed E-state index contributed by atoms with van der Waals surface area (Å²) < 4.78 is 27.5. The lowest BCUT2D eigenvalue weighted by Crippen LogP contribution is -2.40. The van der Waals surface area contributed by atoms with Gasteiger partial charge in [-0.3, -0.25) is 4.79 Å². The van der Waals surface area contributed by atoms with Gasteiger partial charge in [-0.15, -0.1) is 0 Å². The molecule has 1 amide bonds. The van der Waals surface area contributed by atoms with E-state index in [1.807, 2.05) is 52.1 Å². The Morgan fingerprint density at radius 1 is 1.11 bits per heavy atom. The summed E-state index contributed by atoms with van der Waals surface area (Å²) in [5, 5.41) is 3.72. The minimum atomic E-state index is -3.30. The van der Waals surface area contributed by atoms with Crippen molar-refractivity contribution in [2.45, 2.75) is 30.4 Å². The van der Waals surface area contributed by atoms with Crippen molar-refractivity contribution in [3.05, 3.63) is 52.7 Å². The number of hydrogen-bond donors (Lipinski definition) is 0. The third-order valence-corrected chi connectivity index (χ3v) is 9.27. The molecule has 1 aliphatic carbocycles. The highest BCUT2D eigenvalue weighted by Crippen LogP contribution is 2.52. The first-order valence-electron chi connectivity index (χ1n) is 9.40. The molecule has 3 heterocycles. The fourth-order valence-electron chi connectivity index (χ4n) is 4.66. The van der Waals surface area contributed by atoms with Gasteiger partial charge in [0.1, 0.15) is 0 Å². The fourth-order valence-corrected chi connectivity index (χ4v) is 7.23. The van der Waals surface area contributed by atoms with Crippen LogP contribution in [0.4, 0.5) is 5.69 Å². The Balaban J connectivity index is 1.55. The van der Waals surface area contributed by atoms with Gasteiger partial charge in [0.05, 0.1) is 16.4 Å². The van der Waals surface area contributed by atoms with Crippen molar-refractivity contribution < 1.29 is 13.2 Å². The summed E-state index contributed by atoms with van der Waals surface area (Å²) in [6, 6.07) is 11.9. The van der Waals surface area contributed by atoms with Crippen molar-refractivity contribution in [1.29, 1.82) is 0 Å². The number of nitrogens with zero attached hydrogens (tertiary/aromatic N) is 2. The molecule has 2 saturated heterocycles. The normalized spacial score (nSPS) is 29.1. The van der Waals surface area contributed by atoms with Crippen LogP contribution in [0.2, 0.25) is 0 Å². The van der Waals surface area contributed by atoms with Crippen LogP contribution in [0.5, 0.6) is 0 Å². The average Bonchev–Trinajstić information content (AvgIpc) is 3.13. The van der Waals surface area contributed by atoms with E-state index in [2.05, 4.69) is 0 Å². The molecule has 7 heteroatoms. The van der Waals surface area contributed by atoms with Gasteiger partial charge in [-0.05, 0) is 36.3 Å². The van der Waals surface area contributed by atoms with E-state index in [0.29, 0.717) is 26.1 Å². The van der Waals surface area contributed by atoms with Gasteiger partial charge in [0.25, 0.3) is 0 Å². The molecule has 2 aromatic rings. The molecule has 1 aromatic heterocycles. The van der Waals surface area contributed by atoms with Crippen LogP contribution in [-0.4, -0.2) is 43.5 Å². The number of carbonyl (C=O) groups is 1. The van der Waals surface area contributed by atoms with Crippen molar-refractivity contribution in [2.75, 3.05) is 24.5 Å². The van der Waals surface area contributed by atoms with Crippen molar-refractivity contribution in [2.24, 2.45) is 5.41 Å². The molecule has 2 atom stereocenters. The van der Waals surface area contributed by atoms with E-state index in [0.717, 1.165) is 24.1 Å². The maximum atomic E-state index is 13.6. The topological polar surface area (TPSA) is 57.7 Å². The SMILES string of the molecule is O=C1N(c2ccsc2)CC[C@]12CN(S(=O)(=O)C1CC1)C[C@H]2c1ccccc1. The number of hydrogen-bond acceptors (Lipinski definition) is 4.